The van der Waals surface area contributed by atoms with E-state index in [1.165, 1.54) is 13.2 Å². The maximum atomic E-state index is 13.1. The summed E-state index contributed by atoms with van der Waals surface area (Å²) in [6.45, 7) is 2.25. The van der Waals surface area contributed by atoms with E-state index in [9.17, 15) is 14.4 Å². The van der Waals surface area contributed by atoms with E-state index >= 15 is 0 Å². The molecule has 0 saturated carbocycles. The topological polar surface area (TPSA) is 84.9 Å². The number of carbonyl (C=O) groups is 3. The molecule has 4 amide bonds. The zero-order chi connectivity index (χ0) is 24.2. The fourth-order valence-corrected chi connectivity index (χ4v) is 3.65. The SMILES string of the molecule is COc1cc(C=C2C(=O)NC(=O)N(c3ccc(C)cc3)C2=O)ccc1OCc1ccc(Br)cc1. The van der Waals surface area contributed by atoms with E-state index < -0.39 is 17.8 Å². The van der Waals surface area contributed by atoms with Crippen LogP contribution in [0, 0.1) is 6.92 Å². The number of barbiturate groups is 1. The number of hydrogen-bond donors (Lipinski definition) is 1. The maximum absolute atomic E-state index is 13.1. The average molecular weight is 521 g/mol. The fraction of sp³-hybridized carbons (Fsp3) is 0.115. The third kappa shape index (κ3) is 5.02. The number of urea groups is 1. The average Bonchev–Trinajstić information content (AvgIpc) is 2.83. The van der Waals surface area contributed by atoms with Crippen LogP contribution in [0.2, 0.25) is 0 Å². The molecule has 0 spiro atoms. The lowest BCUT2D eigenvalue weighted by molar-refractivity contribution is -0.122. The fourth-order valence-electron chi connectivity index (χ4n) is 3.39. The van der Waals surface area contributed by atoms with E-state index in [-0.39, 0.29) is 5.57 Å². The second-order valence-corrected chi connectivity index (χ2v) is 8.53. The van der Waals surface area contributed by atoms with E-state index in [0.29, 0.717) is 29.4 Å². The normalized spacial score (nSPS) is 14.9. The summed E-state index contributed by atoms with van der Waals surface area (Å²) >= 11 is 3.40. The summed E-state index contributed by atoms with van der Waals surface area (Å²) in [5, 5.41) is 2.23. The van der Waals surface area contributed by atoms with Gasteiger partial charge < -0.3 is 9.47 Å². The molecule has 172 valence electrons. The molecule has 3 aromatic rings. The first-order chi connectivity index (χ1) is 16.4. The van der Waals surface area contributed by atoms with Crippen molar-refractivity contribution in [1.82, 2.24) is 5.32 Å². The van der Waals surface area contributed by atoms with Gasteiger partial charge >= 0.3 is 6.03 Å². The largest absolute Gasteiger partial charge is 0.493 e. The predicted octanol–water partition coefficient (Wildman–Crippen LogP) is 5.01. The van der Waals surface area contributed by atoms with Crippen molar-refractivity contribution in [3.63, 3.8) is 0 Å². The first-order valence-electron chi connectivity index (χ1n) is 10.4. The van der Waals surface area contributed by atoms with Crippen molar-refractivity contribution in [3.05, 3.63) is 93.5 Å². The highest BCUT2D eigenvalue weighted by Gasteiger charge is 2.36. The number of amides is 4. The van der Waals surface area contributed by atoms with Gasteiger partial charge in [0.15, 0.2) is 11.5 Å². The minimum absolute atomic E-state index is 0.161. The minimum Gasteiger partial charge on any atom is -0.493 e. The smallest absolute Gasteiger partial charge is 0.335 e. The summed E-state index contributed by atoms with van der Waals surface area (Å²) < 4.78 is 12.3. The number of anilines is 1. The molecule has 0 radical (unpaired) electrons. The van der Waals surface area contributed by atoms with Crippen molar-refractivity contribution in [2.75, 3.05) is 12.0 Å². The van der Waals surface area contributed by atoms with E-state index in [1.807, 2.05) is 31.2 Å². The summed E-state index contributed by atoms with van der Waals surface area (Å²) in [5.41, 5.74) is 2.73. The van der Waals surface area contributed by atoms with Gasteiger partial charge in [-0.25, -0.2) is 9.69 Å². The Morgan fingerprint density at radius 2 is 1.65 bits per heavy atom. The molecule has 1 heterocycles. The van der Waals surface area contributed by atoms with Gasteiger partial charge in [0.25, 0.3) is 11.8 Å². The van der Waals surface area contributed by atoms with Crippen LogP contribution in [0.15, 0.2) is 76.8 Å². The molecule has 1 N–H and O–H groups in total. The zero-order valence-electron chi connectivity index (χ0n) is 18.5. The number of halogens is 1. The molecule has 1 saturated heterocycles. The molecule has 0 aromatic heterocycles. The standard InChI is InChI=1S/C26H21BrN2O5/c1-16-3-10-20(11-4-16)29-25(31)21(24(30)28-26(29)32)13-18-7-12-22(23(14-18)33-2)34-15-17-5-8-19(27)9-6-17/h3-14H,15H2,1-2H3,(H,28,30,32). The van der Waals surface area contributed by atoms with Gasteiger partial charge in [-0.1, -0.05) is 51.8 Å². The maximum Gasteiger partial charge on any atom is 0.335 e. The summed E-state index contributed by atoms with van der Waals surface area (Å²) in [6, 6.07) is 18.9. The van der Waals surface area contributed by atoms with Crippen LogP contribution in [0.25, 0.3) is 6.08 Å². The molecule has 7 nitrogen and oxygen atoms in total. The summed E-state index contributed by atoms with van der Waals surface area (Å²) in [6.07, 6.45) is 1.42. The van der Waals surface area contributed by atoms with Crippen molar-refractivity contribution in [2.24, 2.45) is 0 Å². The highest BCUT2D eigenvalue weighted by atomic mass is 79.9. The first-order valence-corrected chi connectivity index (χ1v) is 11.2. The molecule has 3 aromatic carbocycles. The van der Waals surface area contributed by atoms with Crippen LogP contribution in [0.5, 0.6) is 11.5 Å². The number of carbonyl (C=O) groups excluding carboxylic acids is 3. The second kappa shape index (κ2) is 9.93. The highest BCUT2D eigenvalue weighted by molar-refractivity contribution is 9.10. The Morgan fingerprint density at radius 1 is 0.941 bits per heavy atom. The van der Waals surface area contributed by atoms with Gasteiger partial charge in [0.05, 0.1) is 12.8 Å². The monoisotopic (exact) mass is 520 g/mol. The van der Waals surface area contributed by atoms with Gasteiger partial charge in [0.2, 0.25) is 0 Å². The Balaban J connectivity index is 1.58. The molecule has 0 bridgehead atoms. The highest BCUT2D eigenvalue weighted by Crippen LogP contribution is 2.30. The Bertz CT molecular complexity index is 1280. The van der Waals surface area contributed by atoms with Crippen molar-refractivity contribution in [1.29, 1.82) is 0 Å². The second-order valence-electron chi connectivity index (χ2n) is 7.62. The number of imide groups is 2. The minimum atomic E-state index is -0.787. The van der Waals surface area contributed by atoms with Gasteiger partial charge in [-0.05, 0) is 60.5 Å². The van der Waals surface area contributed by atoms with Crippen molar-refractivity contribution >= 4 is 45.5 Å². The molecule has 0 unspecified atom stereocenters. The Kier molecular flexibility index (Phi) is 6.79. The van der Waals surface area contributed by atoms with Gasteiger partial charge in [-0.15, -0.1) is 0 Å². The Hall–Kier alpha value is -3.91. The quantitative estimate of drug-likeness (QED) is 0.364. The lowest BCUT2D eigenvalue weighted by Gasteiger charge is -2.26. The Labute approximate surface area is 205 Å². The van der Waals surface area contributed by atoms with E-state index in [0.717, 1.165) is 20.5 Å². The van der Waals surface area contributed by atoms with Crippen LogP contribution in [0.4, 0.5) is 10.5 Å². The van der Waals surface area contributed by atoms with Gasteiger partial charge in [0.1, 0.15) is 12.2 Å². The van der Waals surface area contributed by atoms with Gasteiger partial charge in [0, 0.05) is 4.47 Å². The number of aryl methyl sites for hydroxylation is 1. The van der Waals surface area contributed by atoms with Crippen LogP contribution in [-0.4, -0.2) is 25.0 Å². The van der Waals surface area contributed by atoms with Crippen molar-refractivity contribution in [2.45, 2.75) is 13.5 Å². The number of methoxy groups -OCH3 is 1. The molecule has 8 heteroatoms. The lowest BCUT2D eigenvalue weighted by Crippen LogP contribution is -2.54. The third-order valence-electron chi connectivity index (χ3n) is 5.20. The first kappa shape index (κ1) is 23.3. The van der Waals surface area contributed by atoms with Crippen LogP contribution in [0.1, 0.15) is 16.7 Å². The third-order valence-corrected chi connectivity index (χ3v) is 5.73. The number of ether oxygens (including phenoxy) is 2. The summed E-state index contributed by atoms with van der Waals surface area (Å²) in [4.78, 5) is 38.8. The Morgan fingerprint density at radius 3 is 2.32 bits per heavy atom. The predicted molar refractivity (Wildman–Crippen MR) is 132 cm³/mol. The molecular weight excluding hydrogens is 500 g/mol. The number of nitrogens with zero attached hydrogens (tertiary/aromatic N) is 1. The molecule has 34 heavy (non-hydrogen) atoms. The van der Waals surface area contributed by atoms with E-state index in [1.54, 1.807) is 42.5 Å². The van der Waals surface area contributed by atoms with Gasteiger partial charge in [-0.3, -0.25) is 14.9 Å². The lowest BCUT2D eigenvalue weighted by atomic mass is 10.1. The molecule has 1 fully saturated rings. The number of benzene rings is 3. The van der Waals surface area contributed by atoms with Crippen LogP contribution in [-0.2, 0) is 16.2 Å². The molecular formula is C26H21BrN2O5. The van der Waals surface area contributed by atoms with Crippen LogP contribution >= 0.6 is 15.9 Å². The summed E-state index contributed by atoms with van der Waals surface area (Å²) in [5.74, 6) is -0.495. The van der Waals surface area contributed by atoms with Crippen molar-refractivity contribution in [3.8, 4) is 11.5 Å². The molecule has 0 aliphatic carbocycles. The number of nitrogens with one attached hydrogen (secondary N) is 1. The van der Waals surface area contributed by atoms with Gasteiger partial charge in [-0.2, -0.15) is 0 Å². The van der Waals surface area contributed by atoms with Crippen LogP contribution < -0.4 is 19.7 Å². The number of hydrogen-bond acceptors (Lipinski definition) is 5. The van der Waals surface area contributed by atoms with Crippen molar-refractivity contribution < 1.29 is 23.9 Å². The summed E-state index contributed by atoms with van der Waals surface area (Å²) in [7, 11) is 1.51. The molecule has 4 rings (SSSR count). The molecule has 0 atom stereocenters. The van der Waals surface area contributed by atoms with Crippen LogP contribution in [0.3, 0.4) is 0 Å². The number of rotatable bonds is 6. The molecule has 1 aliphatic heterocycles. The molecule has 1 aliphatic rings. The van der Waals surface area contributed by atoms with E-state index in [4.69, 9.17) is 9.47 Å². The van der Waals surface area contributed by atoms with E-state index in [2.05, 4.69) is 21.2 Å². The zero-order valence-corrected chi connectivity index (χ0v) is 20.1.